The van der Waals surface area contributed by atoms with Gasteiger partial charge in [-0.3, -0.25) is 14.5 Å². The topological polar surface area (TPSA) is 134 Å². The molecule has 5 aromatic rings. The highest BCUT2D eigenvalue weighted by molar-refractivity contribution is 6.00. The number of aryl methyl sites for hydroxylation is 2. The fourth-order valence-electron chi connectivity index (χ4n) is 8.10. The van der Waals surface area contributed by atoms with E-state index in [-0.39, 0.29) is 36.3 Å². The van der Waals surface area contributed by atoms with E-state index >= 15 is 4.39 Å². The van der Waals surface area contributed by atoms with E-state index in [1.54, 1.807) is 53.2 Å². The summed E-state index contributed by atoms with van der Waals surface area (Å²) in [7, 11) is 1.77. The van der Waals surface area contributed by atoms with Crippen molar-refractivity contribution in [1.29, 1.82) is 0 Å². The molecule has 3 aromatic carbocycles. The molecule has 0 spiro atoms. The Labute approximate surface area is 377 Å². The van der Waals surface area contributed by atoms with Gasteiger partial charge < -0.3 is 29.9 Å². The number of carbonyl (C=O) groups excluding carboxylic acids is 3. The van der Waals surface area contributed by atoms with Crippen molar-refractivity contribution >= 4 is 34.6 Å². The zero-order valence-electron chi connectivity index (χ0n) is 38.8. The Morgan fingerprint density at radius 3 is 2.34 bits per heavy atom. The zero-order chi connectivity index (χ0) is 46.0. The fourth-order valence-corrected chi connectivity index (χ4v) is 8.10. The number of benzene rings is 3. The zero-order valence-corrected chi connectivity index (χ0v) is 38.8. The first kappa shape index (κ1) is 47.6. The normalized spacial score (nSPS) is 14.7. The van der Waals surface area contributed by atoms with E-state index in [0.29, 0.717) is 82.1 Å². The third-order valence-corrected chi connectivity index (χ3v) is 11.4. The van der Waals surface area contributed by atoms with Crippen LogP contribution in [0.4, 0.5) is 14.9 Å². The Kier molecular flexibility index (Phi) is 16.1. The standard InChI is InChI=1S/C48H59FN8O5.C2H6/c1-7-42-40(43(52-37-17-23-61-24-18-37)39-29-51-57(8-2)44(39)53-42)31-54(6)46(59)36-14-10-13-35(27-36)45(58)50-28-32-15-16-41(49)38(26-32)34-12-9-11-33(25-34)30-55-19-21-56(22-20-55)47(60)62-48(3,4)5;1-2/h9-16,25-27,29,37H,7-8,17-24,28,30-31H2,1-6H3,(H,50,58)(H,52,53);1-2H3. The van der Waals surface area contributed by atoms with Crippen molar-refractivity contribution in [3.63, 3.8) is 0 Å². The minimum Gasteiger partial charge on any atom is -0.444 e. The van der Waals surface area contributed by atoms with Crippen molar-refractivity contribution in [2.24, 2.45) is 0 Å². The van der Waals surface area contributed by atoms with Gasteiger partial charge in [-0.1, -0.05) is 51.1 Å². The maximum absolute atomic E-state index is 15.3. The molecule has 342 valence electrons. The van der Waals surface area contributed by atoms with Crippen LogP contribution in [0.2, 0.25) is 0 Å². The molecule has 13 nitrogen and oxygen atoms in total. The van der Waals surface area contributed by atoms with Gasteiger partial charge in [0, 0.05) is 107 Å². The highest BCUT2D eigenvalue weighted by Gasteiger charge is 2.27. The number of nitrogens with one attached hydrogen (secondary N) is 2. The van der Waals surface area contributed by atoms with Gasteiger partial charge in [0.25, 0.3) is 11.8 Å². The number of anilines is 1. The molecular formula is C50H65FN8O5. The number of piperazine rings is 1. The summed E-state index contributed by atoms with van der Waals surface area (Å²) < 4.78 is 28.4. The van der Waals surface area contributed by atoms with Gasteiger partial charge in [0.2, 0.25) is 0 Å². The molecule has 0 aliphatic carbocycles. The highest BCUT2D eigenvalue weighted by atomic mass is 19.1. The van der Waals surface area contributed by atoms with Crippen LogP contribution in [-0.2, 0) is 42.1 Å². The van der Waals surface area contributed by atoms with E-state index in [4.69, 9.17) is 14.5 Å². The van der Waals surface area contributed by atoms with Crippen LogP contribution in [0.3, 0.4) is 0 Å². The first-order valence-corrected chi connectivity index (χ1v) is 22.7. The van der Waals surface area contributed by atoms with Crippen LogP contribution in [0.15, 0.2) is 72.9 Å². The Balaban J connectivity index is 0.00000335. The second-order valence-electron chi connectivity index (χ2n) is 17.2. The molecule has 14 heteroatoms. The summed E-state index contributed by atoms with van der Waals surface area (Å²) in [5.41, 5.74) is 6.76. The summed E-state index contributed by atoms with van der Waals surface area (Å²) in [6.45, 7) is 19.5. The Morgan fingerprint density at radius 1 is 0.922 bits per heavy atom. The number of fused-ring (bicyclic) bond motifs is 1. The molecule has 2 aromatic heterocycles. The van der Waals surface area contributed by atoms with Gasteiger partial charge in [-0.25, -0.2) is 18.9 Å². The summed E-state index contributed by atoms with van der Waals surface area (Å²) in [6.07, 6.45) is 4.00. The maximum atomic E-state index is 15.3. The summed E-state index contributed by atoms with van der Waals surface area (Å²) in [6, 6.07) is 19.6. The molecule has 2 aliphatic heterocycles. The van der Waals surface area contributed by atoms with E-state index in [1.807, 2.05) is 76.7 Å². The molecule has 0 bridgehead atoms. The third-order valence-electron chi connectivity index (χ3n) is 11.4. The van der Waals surface area contributed by atoms with Crippen LogP contribution in [0, 0.1) is 5.82 Å². The molecule has 64 heavy (non-hydrogen) atoms. The molecule has 0 unspecified atom stereocenters. The Hall–Kier alpha value is -5.86. The average Bonchev–Trinajstić information content (AvgIpc) is 3.72. The molecule has 0 radical (unpaired) electrons. The fraction of sp³-hybridized carbons (Fsp3) is 0.460. The largest absolute Gasteiger partial charge is 0.444 e. The minimum absolute atomic E-state index is 0.165. The lowest BCUT2D eigenvalue weighted by Gasteiger charge is -2.35. The molecule has 3 amide bonds. The number of halogens is 1. The third kappa shape index (κ3) is 11.8. The van der Waals surface area contributed by atoms with Gasteiger partial charge in [0.15, 0.2) is 5.65 Å². The van der Waals surface area contributed by atoms with Crippen LogP contribution in [0.25, 0.3) is 22.2 Å². The number of aromatic nitrogens is 3. The lowest BCUT2D eigenvalue weighted by atomic mass is 10.00. The van der Waals surface area contributed by atoms with Gasteiger partial charge in [0.05, 0.1) is 17.3 Å². The predicted molar refractivity (Wildman–Crippen MR) is 250 cm³/mol. The van der Waals surface area contributed by atoms with Gasteiger partial charge in [0.1, 0.15) is 11.4 Å². The molecule has 7 rings (SSSR count). The second kappa shape index (κ2) is 21.7. The van der Waals surface area contributed by atoms with Gasteiger partial charge >= 0.3 is 6.09 Å². The van der Waals surface area contributed by atoms with E-state index in [9.17, 15) is 14.4 Å². The molecule has 2 fully saturated rings. The Morgan fingerprint density at radius 2 is 1.64 bits per heavy atom. The van der Waals surface area contributed by atoms with Gasteiger partial charge in [-0.05, 0) is 100 Å². The first-order chi connectivity index (χ1) is 30.8. The van der Waals surface area contributed by atoms with E-state index in [2.05, 4.69) is 27.6 Å². The minimum atomic E-state index is -0.539. The molecule has 2 N–H and O–H groups in total. The van der Waals surface area contributed by atoms with Crippen molar-refractivity contribution in [2.45, 2.75) is 106 Å². The average molecular weight is 877 g/mol. The number of pyridine rings is 1. The quantitative estimate of drug-likeness (QED) is 0.119. The number of hydrogen-bond donors (Lipinski definition) is 2. The van der Waals surface area contributed by atoms with Crippen molar-refractivity contribution in [3.05, 3.63) is 112 Å². The Bertz CT molecular complexity index is 2400. The van der Waals surface area contributed by atoms with Crippen LogP contribution in [-0.4, -0.2) is 105 Å². The molecule has 0 saturated carbocycles. The lowest BCUT2D eigenvalue weighted by molar-refractivity contribution is 0.0139. The predicted octanol–water partition coefficient (Wildman–Crippen LogP) is 8.69. The number of ether oxygens (including phenoxy) is 2. The summed E-state index contributed by atoms with van der Waals surface area (Å²) in [4.78, 5) is 50.7. The summed E-state index contributed by atoms with van der Waals surface area (Å²) >= 11 is 0. The number of rotatable bonds is 13. The van der Waals surface area contributed by atoms with E-state index < -0.39 is 5.60 Å². The lowest BCUT2D eigenvalue weighted by Crippen LogP contribution is -2.49. The summed E-state index contributed by atoms with van der Waals surface area (Å²) in [5.74, 6) is -0.930. The monoisotopic (exact) mass is 877 g/mol. The molecule has 0 atom stereocenters. The molecule has 2 saturated heterocycles. The SMILES string of the molecule is CC.CCc1nc2c(cnn2CC)c(NC2CCOCC2)c1CN(C)C(=O)c1cccc(C(=O)NCc2ccc(F)c(-c3cccc(CN4CCN(C(=O)OC(C)(C)C)CC4)c3)c2)c1. The van der Waals surface area contributed by atoms with Crippen LogP contribution in [0.5, 0.6) is 0 Å². The molecular weight excluding hydrogens is 812 g/mol. The molecule has 4 heterocycles. The highest BCUT2D eigenvalue weighted by Crippen LogP contribution is 2.33. The van der Waals surface area contributed by atoms with Crippen molar-refractivity contribution < 1.29 is 28.2 Å². The number of hydrogen-bond acceptors (Lipinski definition) is 9. The van der Waals surface area contributed by atoms with Crippen molar-refractivity contribution in [1.82, 2.24) is 34.8 Å². The smallest absolute Gasteiger partial charge is 0.410 e. The van der Waals surface area contributed by atoms with E-state index in [1.165, 1.54) is 6.07 Å². The summed E-state index contributed by atoms with van der Waals surface area (Å²) in [5, 5.41) is 12.3. The maximum Gasteiger partial charge on any atom is 0.410 e. The van der Waals surface area contributed by atoms with Gasteiger partial charge in [-0.15, -0.1) is 0 Å². The van der Waals surface area contributed by atoms with Crippen LogP contribution in [0.1, 0.15) is 104 Å². The van der Waals surface area contributed by atoms with Crippen molar-refractivity contribution in [2.75, 3.05) is 51.8 Å². The number of carbonyl (C=O) groups is 3. The van der Waals surface area contributed by atoms with Crippen molar-refractivity contribution in [3.8, 4) is 11.1 Å². The first-order valence-electron chi connectivity index (χ1n) is 22.7. The number of nitrogens with zero attached hydrogens (tertiary/aromatic N) is 6. The van der Waals surface area contributed by atoms with Crippen LogP contribution >= 0.6 is 0 Å². The van der Waals surface area contributed by atoms with Gasteiger partial charge in [-0.2, -0.15) is 5.10 Å². The molecule has 2 aliphatic rings. The van der Waals surface area contributed by atoms with E-state index in [0.717, 1.165) is 57.5 Å². The van der Waals surface area contributed by atoms with Crippen LogP contribution < -0.4 is 10.6 Å². The number of amides is 3. The second-order valence-corrected chi connectivity index (χ2v) is 17.2.